The second-order valence-corrected chi connectivity index (χ2v) is 4.20. The van der Waals surface area contributed by atoms with Crippen LogP contribution in [0.1, 0.15) is 23.6 Å². The number of hydrogen-bond acceptors (Lipinski definition) is 1. The first kappa shape index (κ1) is 11.5. The van der Waals surface area contributed by atoms with Gasteiger partial charge in [-0.3, -0.25) is 0 Å². The number of phenolic OH excluding ortho intramolecular Hbond substituents is 1. The average molecular weight is 224 g/mol. The van der Waals surface area contributed by atoms with Crippen LogP contribution in [0, 0.1) is 6.92 Å². The lowest BCUT2D eigenvalue weighted by Gasteiger charge is -2.06. The fraction of sp³-hybridized carbons (Fsp3) is 0.125. The van der Waals surface area contributed by atoms with E-state index in [1.807, 2.05) is 36.4 Å². The van der Waals surface area contributed by atoms with Crippen LogP contribution >= 0.6 is 0 Å². The first-order chi connectivity index (χ1) is 8.18. The Balaban J connectivity index is 2.42. The Kier molecular flexibility index (Phi) is 3.29. The van der Waals surface area contributed by atoms with Crippen LogP contribution in [0.4, 0.5) is 0 Å². The van der Waals surface area contributed by atoms with Crippen molar-refractivity contribution >= 4 is 11.6 Å². The van der Waals surface area contributed by atoms with Crippen molar-refractivity contribution in [3.8, 4) is 5.75 Å². The zero-order chi connectivity index (χ0) is 12.3. The highest BCUT2D eigenvalue weighted by atomic mass is 16.3. The third-order valence-corrected chi connectivity index (χ3v) is 2.88. The van der Waals surface area contributed by atoms with Crippen LogP contribution in [0.3, 0.4) is 0 Å². The highest BCUT2D eigenvalue weighted by molar-refractivity contribution is 5.82. The SMILES string of the molecule is CC(=Cc1ccccc1O)c1ccccc1C. The number of aryl methyl sites for hydroxylation is 1. The molecular formula is C16H16O. The third-order valence-electron chi connectivity index (χ3n) is 2.88. The largest absolute Gasteiger partial charge is 0.507 e. The molecule has 1 heteroatoms. The minimum atomic E-state index is 0.320. The lowest BCUT2D eigenvalue weighted by atomic mass is 10.00. The molecule has 2 rings (SSSR count). The van der Waals surface area contributed by atoms with Crippen LogP contribution < -0.4 is 0 Å². The number of allylic oxidation sites excluding steroid dienone is 1. The molecule has 0 saturated carbocycles. The smallest absolute Gasteiger partial charge is 0.122 e. The van der Waals surface area contributed by atoms with E-state index < -0.39 is 0 Å². The highest BCUT2D eigenvalue weighted by Gasteiger charge is 2.01. The molecule has 2 aromatic carbocycles. The fourth-order valence-electron chi connectivity index (χ4n) is 1.94. The molecule has 0 unspecified atom stereocenters. The van der Waals surface area contributed by atoms with E-state index in [-0.39, 0.29) is 0 Å². The van der Waals surface area contributed by atoms with E-state index >= 15 is 0 Å². The first-order valence-corrected chi connectivity index (χ1v) is 5.71. The van der Waals surface area contributed by atoms with E-state index in [1.54, 1.807) is 6.07 Å². The van der Waals surface area contributed by atoms with Crippen molar-refractivity contribution in [1.29, 1.82) is 0 Å². The van der Waals surface area contributed by atoms with E-state index in [0.717, 1.165) is 11.1 Å². The summed E-state index contributed by atoms with van der Waals surface area (Å²) in [7, 11) is 0. The van der Waals surface area contributed by atoms with Crippen LogP contribution in [0.5, 0.6) is 5.75 Å². The molecule has 0 aliphatic rings. The molecule has 0 bridgehead atoms. The quantitative estimate of drug-likeness (QED) is 0.756. The van der Waals surface area contributed by atoms with Gasteiger partial charge in [0.05, 0.1) is 0 Å². The lowest BCUT2D eigenvalue weighted by molar-refractivity contribution is 0.474. The number of benzene rings is 2. The Labute approximate surface area is 102 Å². The van der Waals surface area contributed by atoms with Crippen molar-refractivity contribution in [3.63, 3.8) is 0 Å². The molecule has 0 radical (unpaired) electrons. The molecule has 1 nitrogen and oxygen atoms in total. The van der Waals surface area contributed by atoms with Crippen molar-refractivity contribution in [2.45, 2.75) is 13.8 Å². The van der Waals surface area contributed by atoms with Gasteiger partial charge in [-0.05, 0) is 42.7 Å². The summed E-state index contributed by atoms with van der Waals surface area (Å²) in [4.78, 5) is 0. The summed E-state index contributed by atoms with van der Waals surface area (Å²) in [6, 6.07) is 15.6. The Morgan fingerprint density at radius 3 is 2.35 bits per heavy atom. The van der Waals surface area contributed by atoms with Crippen molar-refractivity contribution in [2.75, 3.05) is 0 Å². The van der Waals surface area contributed by atoms with Gasteiger partial charge in [-0.1, -0.05) is 42.5 Å². The van der Waals surface area contributed by atoms with E-state index in [4.69, 9.17) is 0 Å². The van der Waals surface area contributed by atoms with Gasteiger partial charge in [0.25, 0.3) is 0 Å². The Morgan fingerprint density at radius 2 is 1.65 bits per heavy atom. The standard InChI is InChI=1S/C16H16O/c1-12-7-3-5-9-15(12)13(2)11-14-8-4-6-10-16(14)17/h3-11,17H,1-2H3. The maximum atomic E-state index is 9.73. The molecule has 2 aromatic rings. The minimum Gasteiger partial charge on any atom is -0.507 e. The Morgan fingerprint density at radius 1 is 1.00 bits per heavy atom. The predicted molar refractivity (Wildman–Crippen MR) is 72.8 cm³/mol. The van der Waals surface area contributed by atoms with E-state index in [2.05, 4.69) is 26.0 Å². The highest BCUT2D eigenvalue weighted by Crippen LogP contribution is 2.24. The Bertz CT molecular complexity index is 553. The second kappa shape index (κ2) is 4.88. The van der Waals surface area contributed by atoms with Crippen LogP contribution in [-0.2, 0) is 0 Å². The number of hydrogen-bond donors (Lipinski definition) is 1. The van der Waals surface area contributed by atoms with Crippen LogP contribution in [0.15, 0.2) is 48.5 Å². The molecule has 0 spiro atoms. The van der Waals surface area contributed by atoms with Crippen LogP contribution in [0.2, 0.25) is 0 Å². The summed E-state index contributed by atoms with van der Waals surface area (Å²) in [5.74, 6) is 0.320. The topological polar surface area (TPSA) is 20.2 Å². The van der Waals surface area contributed by atoms with Gasteiger partial charge >= 0.3 is 0 Å². The van der Waals surface area contributed by atoms with Crippen molar-refractivity contribution in [1.82, 2.24) is 0 Å². The number of aromatic hydroxyl groups is 1. The summed E-state index contributed by atoms with van der Waals surface area (Å²) in [6.07, 6.45) is 2.01. The van der Waals surface area contributed by atoms with Gasteiger partial charge in [0.15, 0.2) is 0 Å². The lowest BCUT2D eigenvalue weighted by Crippen LogP contribution is -1.85. The molecule has 0 aliphatic heterocycles. The number of phenols is 1. The van der Waals surface area contributed by atoms with Crippen LogP contribution in [-0.4, -0.2) is 5.11 Å². The van der Waals surface area contributed by atoms with Gasteiger partial charge < -0.3 is 5.11 Å². The summed E-state index contributed by atoms with van der Waals surface area (Å²) in [5, 5.41) is 9.73. The molecule has 0 amide bonds. The van der Waals surface area contributed by atoms with Gasteiger partial charge in [-0.15, -0.1) is 0 Å². The molecule has 0 saturated heterocycles. The number of para-hydroxylation sites is 1. The average Bonchev–Trinajstić information content (AvgIpc) is 2.32. The second-order valence-electron chi connectivity index (χ2n) is 4.20. The number of rotatable bonds is 2. The zero-order valence-corrected chi connectivity index (χ0v) is 10.1. The summed E-state index contributed by atoms with van der Waals surface area (Å²) in [6.45, 7) is 4.16. The summed E-state index contributed by atoms with van der Waals surface area (Å²) >= 11 is 0. The summed E-state index contributed by atoms with van der Waals surface area (Å²) < 4.78 is 0. The summed E-state index contributed by atoms with van der Waals surface area (Å²) in [5.41, 5.74) is 4.48. The van der Waals surface area contributed by atoms with Gasteiger partial charge in [0.1, 0.15) is 5.75 Å². The molecule has 0 aliphatic carbocycles. The minimum absolute atomic E-state index is 0.320. The van der Waals surface area contributed by atoms with E-state index in [9.17, 15) is 5.11 Å². The monoisotopic (exact) mass is 224 g/mol. The molecular weight excluding hydrogens is 208 g/mol. The van der Waals surface area contributed by atoms with E-state index in [0.29, 0.717) is 5.75 Å². The maximum Gasteiger partial charge on any atom is 0.122 e. The molecule has 0 fully saturated rings. The maximum absolute atomic E-state index is 9.73. The third kappa shape index (κ3) is 2.56. The van der Waals surface area contributed by atoms with Crippen LogP contribution in [0.25, 0.3) is 11.6 Å². The van der Waals surface area contributed by atoms with Crippen molar-refractivity contribution < 1.29 is 5.11 Å². The normalized spacial score (nSPS) is 11.5. The Hall–Kier alpha value is -2.02. The molecule has 0 heterocycles. The van der Waals surface area contributed by atoms with Gasteiger partial charge in [0.2, 0.25) is 0 Å². The van der Waals surface area contributed by atoms with Gasteiger partial charge in [0, 0.05) is 5.56 Å². The van der Waals surface area contributed by atoms with Gasteiger partial charge in [-0.25, -0.2) is 0 Å². The molecule has 17 heavy (non-hydrogen) atoms. The molecule has 1 N–H and O–H groups in total. The zero-order valence-electron chi connectivity index (χ0n) is 10.1. The molecule has 86 valence electrons. The van der Waals surface area contributed by atoms with Crippen molar-refractivity contribution in [2.24, 2.45) is 0 Å². The first-order valence-electron chi connectivity index (χ1n) is 5.71. The van der Waals surface area contributed by atoms with E-state index in [1.165, 1.54) is 11.1 Å². The molecule has 0 aromatic heterocycles. The fourth-order valence-corrected chi connectivity index (χ4v) is 1.94. The van der Waals surface area contributed by atoms with Gasteiger partial charge in [-0.2, -0.15) is 0 Å². The predicted octanol–water partition coefficient (Wildman–Crippen LogP) is 4.26. The van der Waals surface area contributed by atoms with Crippen molar-refractivity contribution in [3.05, 3.63) is 65.2 Å². The molecule has 0 atom stereocenters.